The van der Waals surface area contributed by atoms with E-state index in [2.05, 4.69) is 10.4 Å². The molecule has 1 aromatic heterocycles. The molecule has 1 N–H and O–H groups in total. The first-order valence-corrected chi connectivity index (χ1v) is 13.0. The van der Waals surface area contributed by atoms with Crippen LogP contribution in [0.5, 0.6) is 5.75 Å². The lowest BCUT2D eigenvalue weighted by atomic mass is 9.97. The summed E-state index contributed by atoms with van der Waals surface area (Å²) in [5.74, 6) is 0.464. The highest BCUT2D eigenvalue weighted by Crippen LogP contribution is 2.25. The van der Waals surface area contributed by atoms with Crippen molar-refractivity contribution in [1.82, 2.24) is 19.4 Å². The van der Waals surface area contributed by atoms with Crippen molar-refractivity contribution in [2.75, 3.05) is 26.2 Å². The second-order valence-electron chi connectivity index (χ2n) is 8.24. The molecule has 180 valence electrons. The maximum atomic E-state index is 12.9. The van der Waals surface area contributed by atoms with Gasteiger partial charge in [-0.2, -0.15) is 9.40 Å². The molecule has 4 rings (SSSR count). The first-order chi connectivity index (χ1) is 16.5. The molecule has 1 amide bonds. The standard InChI is InChI=1S/C25H30N4O4S/c1-2-33-23-8-10-24(11-9-23)34(31,32)28-18-13-21(14-19-28)25(30)26-16-12-20-4-6-22(7-5-20)29-17-3-15-27-29/h3-11,15,17,21H,2,12-14,16,18-19H2,1H3,(H,26,30). The number of amides is 1. The highest BCUT2D eigenvalue weighted by Gasteiger charge is 2.32. The molecule has 2 aromatic carbocycles. The second kappa shape index (κ2) is 10.8. The number of hydrogen-bond donors (Lipinski definition) is 1. The molecule has 1 aliphatic rings. The molecule has 0 unspecified atom stereocenters. The Morgan fingerprint density at radius 3 is 2.41 bits per heavy atom. The smallest absolute Gasteiger partial charge is 0.243 e. The van der Waals surface area contributed by atoms with E-state index in [1.165, 1.54) is 4.31 Å². The number of carbonyl (C=O) groups excluding carboxylic acids is 1. The number of aromatic nitrogens is 2. The van der Waals surface area contributed by atoms with Gasteiger partial charge in [-0.15, -0.1) is 0 Å². The molecule has 0 atom stereocenters. The fourth-order valence-electron chi connectivity index (χ4n) is 4.09. The van der Waals surface area contributed by atoms with Crippen molar-refractivity contribution < 1.29 is 17.9 Å². The molecule has 0 radical (unpaired) electrons. The van der Waals surface area contributed by atoms with Crippen molar-refractivity contribution in [2.45, 2.75) is 31.1 Å². The Morgan fingerprint density at radius 2 is 1.79 bits per heavy atom. The van der Waals surface area contributed by atoms with Crippen LogP contribution in [0.2, 0.25) is 0 Å². The number of rotatable bonds is 9. The molecular weight excluding hydrogens is 452 g/mol. The average molecular weight is 483 g/mol. The number of benzene rings is 2. The van der Waals surface area contributed by atoms with Crippen LogP contribution in [0.25, 0.3) is 5.69 Å². The number of hydrogen-bond acceptors (Lipinski definition) is 5. The lowest BCUT2D eigenvalue weighted by Crippen LogP contribution is -2.43. The Kier molecular flexibility index (Phi) is 7.64. The monoisotopic (exact) mass is 482 g/mol. The number of piperidine rings is 1. The minimum Gasteiger partial charge on any atom is -0.494 e. The van der Waals surface area contributed by atoms with Crippen LogP contribution in [0.1, 0.15) is 25.3 Å². The lowest BCUT2D eigenvalue weighted by molar-refractivity contribution is -0.126. The molecule has 0 saturated carbocycles. The molecule has 1 aliphatic heterocycles. The highest BCUT2D eigenvalue weighted by atomic mass is 32.2. The van der Waals surface area contributed by atoms with E-state index in [0.29, 0.717) is 44.8 Å². The summed E-state index contributed by atoms with van der Waals surface area (Å²) in [5.41, 5.74) is 2.12. The largest absolute Gasteiger partial charge is 0.494 e. The van der Waals surface area contributed by atoms with E-state index < -0.39 is 10.0 Å². The number of sulfonamides is 1. The van der Waals surface area contributed by atoms with Gasteiger partial charge >= 0.3 is 0 Å². The van der Waals surface area contributed by atoms with Crippen molar-refractivity contribution in [3.63, 3.8) is 0 Å². The zero-order valence-corrected chi connectivity index (χ0v) is 20.1. The molecular formula is C25H30N4O4S. The predicted octanol–water partition coefficient (Wildman–Crippen LogP) is 3.03. The van der Waals surface area contributed by atoms with Gasteiger partial charge in [-0.25, -0.2) is 13.1 Å². The molecule has 8 nitrogen and oxygen atoms in total. The van der Waals surface area contributed by atoms with Gasteiger partial charge in [-0.1, -0.05) is 12.1 Å². The van der Waals surface area contributed by atoms with E-state index in [9.17, 15) is 13.2 Å². The summed E-state index contributed by atoms with van der Waals surface area (Å²) >= 11 is 0. The minimum atomic E-state index is -3.58. The maximum Gasteiger partial charge on any atom is 0.243 e. The Balaban J connectivity index is 1.23. The molecule has 1 fully saturated rings. The Hall–Kier alpha value is -3.17. The van der Waals surface area contributed by atoms with Gasteiger partial charge in [0.05, 0.1) is 17.2 Å². The van der Waals surface area contributed by atoms with Gasteiger partial charge in [-0.3, -0.25) is 4.79 Å². The fraction of sp³-hybridized carbons (Fsp3) is 0.360. The molecule has 9 heteroatoms. The van der Waals surface area contributed by atoms with Gasteiger partial charge in [0.15, 0.2) is 0 Å². The van der Waals surface area contributed by atoms with Crippen LogP contribution < -0.4 is 10.1 Å². The summed E-state index contributed by atoms with van der Waals surface area (Å²) in [5, 5.41) is 7.22. The van der Waals surface area contributed by atoms with Crippen LogP contribution in [0, 0.1) is 5.92 Å². The van der Waals surface area contributed by atoms with Gasteiger partial charge in [-0.05, 0) is 74.2 Å². The topological polar surface area (TPSA) is 93.5 Å². The van der Waals surface area contributed by atoms with Gasteiger partial charge in [0.25, 0.3) is 0 Å². The molecule has 0 spiro atoms. The van der Waals surface area contributed by atoms with Gasteiger partial charge < -0.3 is 10.1 Å². The van der Waals surface area contributed by atoms with Crippen LogP contribution in [-0.2, 0) is 21.2 Å². The van der Waals surface area contributed by atoms with Crippen molar-refractivity contribution >= 4 is 15.9 Å². The predicted molar refractivity (Wildman–Crippen MR) is 129 cm³/mol. The van der Waals surface area contributed by atoms with E-state index in [-0.39, 0.29) is 16.7 Å². The normalized spacial score (nSPS) is 15.2. The van der Waals surface area contributed by atoms with Crippen LogP contribution in [0.3, 0.4) is 0 Å². The highest BCUT2D eigenvalue weighted by molar-refractivity contribution is 7.89. The third kappa shape index (κ3) is 5.66. The van der Waals surface area contributed by atoms with Crippen molar-refractivity contribution in [1.29, 1.82) is 0 Å². The lowest BCUT2D eigenvalue weighted by Gasteiger charge is -2.30. The molecule has 1 saturated heterocycles. The molecule has 3 aromatic rings. The number of ether oxygens (including phenoxy) is 1. The van der Waals surface area contributed by atoms with Gasteiger partial charge in [0.1, 0.15) is 5.75 Å². The van der Waals surface area contributed by atoms with Crippen LogP contribution >= 0.6 is 0 Å². The van der Waals surface area contributed by atoms with Gasteiger partial charge in [0.2, 0.25) is 15.9 Å². The van der Waals surface area contributed by atoms with E-state index in [1.54, 1.807) is 35.1 Å². The summed E-state index contributed by atoms with van der Waals surface area (Å²) in [6.45, 7) is 3.63. The van der Waals surface area contributed by atoms with Crippen LogP contribution in [0.15, 0.2) is 71.9 Å². The van der Waals surface area contributed by atoms with Crippen LogP contribution in [0.4, 0.5) is 0 Å². The van der Waals surface area contributed by atoms with Crippen molar-refractivity contribution in [3.8, 4) is 11.4 Å². The number of nitrogens with one attached hydrogen (secondary N) is 1. The number of nitrogens with zero attached hydrogens (tertiary/aromatic N) is 3. The summed E-state index contributed by atoms with van der Waals surface area (Å²) in [7, 11) is -3.58. The van der Waals surface area contributed by atoms with Crippen molar-refractivity contribution in [3.05, 3.63) is 72.6 Å². The molecule has 34 heavy (non-hydrogen) atoms. The Morgan fingerprint density at radius 1 is 1.09 bits per heavy atom. The summed E-state index contributed by atoms with van der Waals surface area (Å²) in [4.78, 5) is 12.9. The second-order valence-corrected chi connectivity index (χ2v) is 10.2. The SMILES string of the molecule is CCOc1ccc(S(=O)(=O)N2CCC(C(=O)NCCc3ccc(-n4cccn4)cc3)CC2)cc1. The van der Waals surface area contributed by atoms with E-state index in [1.807, 2.05) is 43.5 Å². The summed E-state index contributed by atoms with van der Waals surface area (Å²) in [6.07, 6.45) is 5.39. The molecule has 0 bridgehead atoms. The quantitative estimate of drug-likeness (QED) is 0.506. The third-order valence-electron chi connectivity index (χ3n) is 6.02. The van der Waals surface area contributed by atoms with Crippen LogP contribution in [-0.4, -0.2) is 54.7 Å². The molecule has 0 aliphatic carbocycles. The third-order valence-corrected chi connectivity index (χ3v) is 7.93. The first kappa shape index (κ1) is 24.0. The average Bonchev–Trinajstić information content (AvgIpc) is 3.40. The van der Waals surface area contributed by atoms with E-state index in [0.717, 1.165) is 17.7 Å². The van der Waals surface area contributed by atoms with Crippen molar-refractivity contribution in [2.24, 2.45) is 5.92 Å². The van der Waals surface area contributed by atoms with Gasteiger partial charge in [0, 0.05) is 37.9 Å². The van der Waals surface area contributed by atoms with E-state index in [4.69, 9.17) is 4.74 Å². The number of carbonyl (C=O) groups is 1. The fourth-order valence-corrected chi connectivity index (χ4v) is 5.56. The first-order valence-electron chi connectivity index (χ1n) is 11.6. The zero-order valence-electron chi connectivity index (χ0n) is 19.3. The zero-order chi connectivity index (χ0) is 24.0. The maximum absolute atomic E-state index is 12.9. The Labute approximate surface area is 200 Å². The van der Waals surface area contributed by atoms with E-state index >= 15 is 0 Å². The summed E-state index contributed by atoms with van der Waals surface area (Å²) < 4.78 is 34.5. The molecule has 2 heterocycles. The minimum absolute atomic E-state index is 0.00808. The summed E-state index contributed by atoms with van der Waals surface area (Å²) in [6, 6.07) is 16.4. The Bertz CT molecular complexity index is 1170.